The number of aromatic nitrogens is 1. The van der Waals surface area contributed by atoms with Gasteiger partial charge >= 0.3 is 0 Å². The predicted molar refractivity (Wildman–Crippen MR) is 100 cm³/mol. The smallest absolute Gasteiger partial charge is 0.268 e. The van der Waals surface area contributed by atoms with E-state index in [9.17, 15) is 13.2 Å². The van der Waals surface area contributed by atoms with E-state index < -0.39 is 15.9 Å². The molecule has 0 atom stereocenters. The van der Waals surface area contributed by atoms with Crippen LogP contribution in [0.4, 0.5) is 0 Å². The largest absolute Gasteiger partial charge is 0.366 e. The van der Waals surface area contributed by atoms with E-state index in [0.717, 1.165) is 11.1 Å². The molecule has 0 aliphatic rings. The summed E-state index contributed by atoms with van der Waals surface area (Å²) >= 11 is 0. The number of amides is 1. The minimum atomic E-state index is -3.89. The van der Waals surface area contributed by atoms with Gasteiger partial charge in [0, 0.05) is 18.3 Å². The number of benzene rings is 2. The molecular formula is C19H19N3O3S. The van der Waals surface area contributed by atoms with Crippen LogP contribution in [-0.4, -0.2) is 25.3 Å². The molecule has 134 valence electrons. The van der Waals surface area contributed by atoms with E-state index in [1.54, 1.807) is 13.2 Å². The van der Waals surface area contributed by atoms with E-state index in [0.29, 0.717) is 12.2 Å². The standard InChI is InChI=1S/C19H19N3O3S/c1-21-12-14-10-18(15-6-3-2-4-7-15)22(13-14)26(24,25)17-9-5-8-16(11-17)19(20)23/h2-11,13,21H,12H2,1H3,(H2,20,23). The van der Waals surface area contributed by atoms with Crippen molar-refractivity contribution in [1.82, 2.24) is 9.29 Å². The van der Waals surface area contributed by atoms with Gasteiger partial charge in [-0.25, -0.2) is 12.4 Å². The summed E-state index contributed by atoms with van der Waals surface area (Å²) < 4.78 is 27.7. The van der Waals surface area contributed by atoms with E-state index in [4.69, 9.17) is 5.73 Å². The third kappa shape index (κ3) is 3.40. The summed E-state index contributed by atoms with van der Waals surface area (Å²) in [7, 11) is -2.09. The SMILES string of the molecule is CNCc1cc(-c2ccccc2)n(S(=O)(=O)c2cccc(C(N)=O)c2)c1. The predicted octanol–water partition coefficient (Wildman–Crippen LogP) is 2.21. The summed E-state index contributed by atoms with van der Waals surface area (Å²) in [5.41, 5.74) is 7.60. The van der Waals surface area contributed by atoms with Gasteiger partial charge in [0.2, 0.25) is 5.91 Å². The molecule has 0 aliphatic heterocycles. The summed E-state index contributed by atoms with van der Waals surface area (Å²) in [6, 6.07) is 16.9. The van der Waals surface area contributed by atoms with Crippen LogP contribution in [0.25, 0.3) is 11.3 Å². The fourth-order valence-electron chi connectivity index (χ4n) is 2.74. The topological polar surface area (TPSA) is 94.2 Å². The summed E-state index contributed by atoms with van der Waals surface area (Å²) in [5, 5.41) is 3.02. The number of hydrogen-bond acceptors (Lipinski definition) is 4. The van der Waals surface area contributed by atoms with Gasteiger partial charge in [-0.05, 0) is 42.4 Å². The number of primary amides is 1. The highest BCUT2D eigenvalue weighted by atomic mass is 32.2. The molecule has 3 N–H and O–H groups in total. The van der Waals surface area contributed by atoms with Crippen molar-refractivity contribution in [2.45, 2.75) is 11.4 Å². The Balaban J connectivity index is 2.18. The van der Waals surface area contributed by atoms with E-state index in [1.807, 2.05) is 36.4 Å². The van der Waals surface area contributed by atoms with E-state index in [-0.39, 0.29) is 10.5 Å². The lowest BCUT2D eigenvalue weighted by atomic mass is 10.1. The monoisotopic (exact) mass is 369 g/mol. The number of carbonyl (C=O) groups is 1. The molecule has 0 bridgehead atoms. The maximum Gasteiger partial charge on any atom is 0.268 e. The first-order valence-electron chi connectivity index (χ1n) is 8.00. The van der Waals surface area contributed by atoms with Crippen LogP contribution in [0.15, 0.2) is 71.8 Å². The molecule has 1 aromatic heterocycles. The first-order chi connectivity index (χ1) is 12.4. The number of carbonyl (C=O) groups excluding carboxylic acids is 1. The summed E-state index contributed by atoms with van der Waals surface area (Å²) in [5.74, 6) is -0.672. The fraction of sp³-hybridized carbons (Fsp3) is 0.105. The number of hydrogen-bond donors (Lipinski definition) is 2. The Labute approximate surface area is 152 Å². The molecule has 0 aliphatic carbocycles. The van der Waals surface area contributed by atoms with Crippen molar-refractivity contribution in [3.63, 3.8) is 0 Å². The maximum atomic E-state index is 13.2. The van der Waals surface area contributed by atoms with Crippen molar-refractivity contribution >= 4 is 15.9 Å². The number of nitrogens with zero attached hydrogens (tertiary/aromatic N) is 1. The average molecular weight is 369 g/mol. The molecule has 2 aromatic carbocycles. The molecule has 0 spiro atoms. The molecule has 1 heterocycles. The minimum Gasteiger partial charge on any atom is -0.366 e. The van der Waals surface area contributed by atoms with Gasteiger partial charge in [0.05, 0.1) is 10.6 Å². The molecule has 0 radical (unpaired) electrons. The highest BCUT2D eigenvalue weighted by Crippen LogP contribution is 2.27. The normalized spacial score (nSPS) is 11.4. The van der Waals surface area contributed by atoms with Crippen LogP contribution in [0, 0.1) is 0 Å². The second-order valence-electron chi connectivity index (χ2n) is 5.82. The second kappa shape index (κ2) is 7.15. The zero-order valence-electron chi connectivity index (χ0n) is 14.2. The molecule has 1 amide bonds. The van der Waals surface area contributed by atoms with Crippen LogP contribution in [0.2, 0.25) is 0 Å². The van der Waals surface area contributed by atoms with Crippen LogP contribution in [0.3, 0.4) is 0 Å². The third-order valence-corrected chi connectivity index (χ3v) is 5.64. The first kappa shape index (κ1) is 17.9. The summed E-state index contributed by atoms with van der Waals surface area (Å²) in [6.07, 6.45) is 1.59. The van der Waals surface area contributed by atoms with Crippen molar-refractivity contribution in [2.75, 3.05) is 7.05 Å². The highest BCUT2D eigenvalue weighted by Gasteiger charge is 2.22. The van der Waals surface area contributed by atoms with E-state index in [1.165, 1.54) is 28.2 Å². The van der Waals surface area contributed by atoms with Gasteiger partial charge < -0.3 is 11.1 Å². The maximum absolute atomic E-state index is 13.2. The van der Waals surface area contributed by atoms with Crippen molar-refractivity contribution in [3.05, 3.63) is 78.0 Å². The van der Waals surface area contributed by atoms with Gasteiger partial charge in [0.1, 0.15) is 0 Å². The van der Waals surface area contributed by atoms with Crippen molar-refractivity contribution in [2.24, 2.45) is 5.73 Å². The molecule has 0 fully saturated rings. The fourth-order valence-corrected chi connectivity index (χ4v) is 4.18. The number of nitrogens with two attached hydrogens (primary N) is 1. The van der Waals surface area contributed by atoms with Gasteiger partial charge in [0.15, 0.2) is 0 Å². The van der Waals surface area contributed by atoms with Crippen molar-refractivity contribution in [3.8, 4) is 11.3 Å². The Hall–Kier alpha value is -2.90. The molecule has 3 rings (SSSR count). The quantitative estimate of drug-likeness (QED) is 0.696. The average Bonchev–Trinajstić information content (AvgIpc) is 3.08. The van der Waals surface area contributed by atoms with Crippen LogP contribution in [-0.2, 0) is 16.6 Å². The number of nitrogens with one attached hydrogen (secondary N) is 1. The Morgan fingerprint density at radius 1 is 1.08 bits per heavy atom. The van der Waals surface area contributed by atoms with Gasteiger partial charge in [-0.1, -0.05) is 36.4 Å². The Morgan fingerprint density at radius 3 is 2.46 bits per heavy atom. The molecular weight excluding hydrogens is 350 g/mol. The van der Waals surface area contributed by atoms with E-state index in [2.05, 4.69) is 5.32 Å². The lowest BCUT2D eigenvalue weighted by molar-refractivity contribution is 0.1000. The molecule has 7 heteroatoms. The molecule has 6 nitrogen and oxygen atoms in total. The summed E-state index contributed by atoms with van der Waals surface area (Å²) in [6.45, 7) is 0.531. The molecule has 0 unspecified atom stereocenters. The zero-order valence-corrected chi connectivity index (χ0v) is 15.0. The Bertz CT molecular complexity index is 1040. The lowest BCUT2D eigenvalue weighted by Crippen LogP contribution is -2.16. The molecule has 3 aromatic rings. The van der Waals surface area contributed by atoms with Crippen LogP contribution >= 0.6 is 0 Å². The van der Waals surface area contributed by atoms with E-state index >= 15 is 0 Å². The molecule has 0 saturated heterocycles. The molecule has 0 saturated carbocycles. The van der Waals surface area contributed by atoms with Gasteiger partial charge in [-0.15, -0.1) is 0 Å². The molecule has 26 heavy (non-hydrogen) atoms. The first-order valence-corrected chi connectivity index (χ1v) is 9.44. The Morgan fingerprint density at radius 2 is 1.81 bits per heavy atom. The number of rotatable bonds is 6. The Kier molecular flexibility index (Phi) is 4.92. The van der Waals surface area contributed by atoms with Crippen LogP contribution in [0.5, 0.6) is 0 Å². The highest BCUT2D eigenvalue weighted by molar-refractivity contribution is 7.90. The van der Waals surface area contributed by atoms with Gasteiger partial charge in [-0.2, -0.15) is 0 Å². The summed E-state index contributed by atoms with van der Waals surface area (Å²) in [4.78, 5) is 11.4. The lowest BCUT2D eigenvalue weighted by Gasteiger charge is -2.11. The van der Waals surface area contributed by atoms with Crippen molar-refractivity contribution < 1.29 is 13.2 Å². The van der Waals surface area contributed by atoms with Crippen LogP contribution in [0.1, 0.15) is 15.9 Å². The minimum absolute atomic E-state index is 0.0117. The van der Waals surface area contributed by atoms with Gasteiger partial charge in [0.25, 0.3) is 10.0 Å². The van der Waals surface area contributed by atoms with Crippen molar-refractivity contribution in [1.29, 1.82) is 0 Å². The third-order valence-electron chi connectivity index (χ3n) is 3.97. The second-order valence-corrected chi connectivity index (χ2v) is 7.64. The van der Waals surface area contributed by atoms with Gasteiger partial charge in [-0.3, -0.25) is 4.79 Å². The zero-order chi connectivity index (χ0) is 18.7. The van der Waals surface area contributed by atoms with Crippen LogP contribution < -0.4 is 11.1 Å².